The third-order valence-electron chi connectivity index (χ3n) is 3.12. The van der Waals surface area contributed by atoms with Gasteiger partial charge in [-0.05, 0) is 52.3 Å². The number of rotatable bonds is 6. The fraction of sp³-hybridized carbons (Fsp3) is 0.625. The monoisotopic (exact) mass is 265 g/mol. The van der Waals surface area contributed by atoms with E-state index in [9.17, 15) is 5.11 Å². The molecule has 0 aliphatic carbocycles. The van der Waals surface area contributed by atoms with Crippen molar-refractivity contribution in [3.63, 3.8) is 0 Å². The van der Waals surface area contributed by atoms with Gasteiger partial charge in [0.15, 0.2) is 0 Å². The van der Waals surface area contributed by atoms with Gasteiger partial charge in [-0.3, -0.25) is 0 Å². The Morgan fingerprint density at radius 2 is 1.89 bits per heavy atom. The molecule has 0 unspecified atom stereocenters. The van der Waals surface area contributed by atoms with Crippen molar-refractivity contribution in [2.45, 2.75) is 39.7 Å². The maximum Gasteiger partial charge on any atom is 0.125 e. The van der Waals surface area contributed by atoms with E-state index in [4.69, 9.17) is 4.74 Å². The maximum atomic E-state index is 9.81. The van der Waals surface area contributed by atoms with E-state index in [1.165, 1.54) is 16.7 Å². The first-order chi connectivity index (χ1) is 8.73. The summed E-state index contributed by atoms with van der Waals surface area (Å²) in [5, 5.41) is 9.81. The molecule has 3 heteroatoms. The molecule has 1 aromatic rings. The minimum absolute atomic E-state index is 0.651. The number of methoxy groups -OCH3 is 1. The molecule has 0 aliphatic heterocycles. The van der Waals surface area contributed by atoms with E-state index in [0.717, 1.165) is 18.7 Å². The molecule has 0 amide bonds. The van der Waals surface area contributed by atoms with Crippen LogP contribution in [0.5, 0.6) is 5.75 Å². The first kappa shape index (κ1) is 16.0. The van der Waals surface area contributed by atoms with Gasteiger partial charge in [-0.1, -0.05) is 17.7 Å². The molecule has 0 atom stereocenters. The number of ether oxygens (including phenoxy) is 1. The van der Waals surface area contributed by atoms with Crippen LogP contribution in [0.1, 0.15) is 30.5 Å². The minimum atomic E-state index is -0.651. The predicted octanol–water partition coefficient (Wildman–Crippen LogP) is 2.56. The maximum absolute atomic E-state index is 9.81. The van der Waals surface area contributed by atoms with Gasteiger partial charge in [-0.25, -0.2) is 0 Å². The Morgan fingerprint density at radius 1 is 1.26 bits per heavy atom. The topological polar surface area (TPSA) is 32.7 Å². The molecule has 1 rings (SSSR count). The van der Waals surface area contributed by atoms with Crippen LogP contribution in [0.4, 0.5) is 0 Å². The summed E-state index contributed by atoms with van der Waals surface area (Å²) in [5.41, 5.74) is 3.03. The van der Waals surface area contributed by atoms with Crippen molar-refractivity contribution in [2.24, 2.45) is 0 Å². The van der Waals surface area contributed by atoms with Crippen LogP contribution in [0.25, 0.3) is 0 Å². The van der Waals surface area contributed by atoms with Crippen molar-refractivity contribution in [3.8, 4) is 5.75 Å². The number of nitrogens with zero attached hydrogens (tertiary/aromatic N) is 1. The molecule has 0 fully saturated rings. The Morgan fingerprint density at radius 3 is 2.42 bits per heavy atom. The van der Waals surface area contributed by atoms with Crippen LogP contribution in [0.3, 0.4) is 0 Å². The van der Waals surface area contributed by atoms with Gasteiger partial charge in [0.1, 0.15) is 5.75 Å². The molecule has 0 aliphatic rings. The zero-order chi connectivity index (χ0) is 14.6. The highest BCUT2D eigenvalue weighted by atomic mass is 16.5. The Kier molecular flexibility index (Phi) is 5.39. The van der Waals surface area contributed by atoms with E-state index in [2.05, 4.69) is 30.9 Å². The second kappa shape index (κ2) is 6.40. The molecule has 0 heterocycles. The van der Waals surface area contributed by atoms with Gasteiger partial charge in [0.2, 0.25) is 0 Å². The fourth-order valence-electron chi connectivity index (χ4n) is 2.57. The van der Waals surface area contributed by atoms with Crippen molar-refractivity contribution in [2.75, 3.05) is 27.2 Å². The summed E-state index contributed by atoms with van der Waals surface area (Å²) in [5.74, 6) is 0.988. The average Bonchev–Trinajstić information content (AvgIpc) is 2.23. The lowest BCUT2D eigenvalue weighted by Gasteiger charge is -2.25. The van der Waals surface area contributed by atoms with E-state index in [1.54, 1.807) is 7.11 Å². The molecule has 0 saturated carbocycles. The average molecular weight is 265 g/mol. The number of hydrogen-bond acceptors (Lipinski definition) is 3. The van der Waals surface area contributed by atoms with Crippen molar-refractivity contribution in [3.05, 3.63) is 28.8 Å². The molecule has 108 valence electrons. The lowest BCUT2D eigenvalue weighted by molar-refractivity contribution is 0.0449. The van der Waals surface area contributed by atoms with Gasteiger partial charge < -0.3 is 14.7 Å². The van der Waals surface area contributed by atoms with E-state index in [1.807, 2.05) is 20.9 Å². The SMILES string of the molecule is COc1c(C)cc(C)cc1CCN(C)CC(C)(C)O. The van der Waals surface area contributed by atoms with Crippen LogP contribution in [-0.4, -0.2) is 42.9 Å². The second-order valence-electron chi connectivity index (χ2n) is 6.07. The van der Waals surface area contributed by atoms with Crippen LogP contribution in [0.15, 0.2) is 12.1 Å². The molecule has 0 spiro atoms. The number of likely N-dealkylation sites (N-methyl/N-ethyl adjacent to an activating group) is 1. The summed E-state index contributed by atoms with van der Waals surface area (Å²) in [7, 11) is 3.76. The highest BCUT2D eigenvalue weighted by Gasteiger charge is 2.16. The summed E-state index contributed by atoms with van der Waals surface area (Å²) in [6, 6.07) is 4.33. The summed E-state index contributed by atoms with van der Waals surface area (Å²) in [6.45, 7) is 9.43. The predicted molar refractivity (Wildman–Crippen MR) is 80.0 cm³/mol. The fourth-order valence-corrected chi connectivity index (χ4v) is 2.57. The van der Waals surface area contributed by atoms with Crippen molar-refractivity contribution < 1.29 is 9.84 Å². The number of hydrogen-bond donors (Lipinski definition) is 1. The zero-order valence-corrected chi connectivity index (χ0v) is 13.1. The zero-order valence-electron chi connectivity index (χ0n) is 13.1. The highest BCUT2D eigenvalue weighted by molar-refractivity contribution is 5.43. The summed E-state index contributed by atoms with van der Waals surface area (Å²) < 4.78 is 5.50. The van der Waals surface area contributed by atoms with E-state index >= 15 is 0 Å². The Balaban J connectivity index is 2.72. The second-order valence-corrected chi connectivity index (χ2v) is 6.07. The smallest absolute Gasteiger partial charge is 0.125 e. The van der Waals surface area contributed by atoms with Gasteiger partial charge in [0, 0.05) is 13.1 Å². The standard InChI is InChI=1S/C16H27NO2/c1-12-9-13(2)15(19-6)14(10-12)7-8-17(5)11-16(3,4)18/h9-10,18H,7-8,11H2,1-6H3. The van der Waals surface area contributed by atoms with E-state index in [-0.39, 0.29) is 0 Å². The Labute approximate surface area is 117 Å². The summed E-state index contributed by atoms with van der Waals surface area (Å²) >= 11 is 0. The molecule has 1 aromatic carbocycles. The van der Waals surface area contributed by atoms with Crippen LogP contribution in [0.2, 0.25) is 0 Å². The number of aliphatic hydroxyl groups is 1. The number of aryl methyl sites for hydroxylation is 2. The van der Waals surface area contributed by atoms with Crippen LogP contribution in [0, 0.1) is 13.8 Å². The summed E-state index contributed by atoms with van der Waals surface area (Å²) in [6.07, 6.45) is 0.929. The molecule has 19 heavy (non-hydrogen) atoms. The van der Waals surface area contributed by atoms with Crippen LogP contribution < -0.4 is 4.74 Å². The largest absolute Gasteiger partial charge is 0.496 e. The third kappa shape index (κ3) is 5.21. The third-order valence-corrected chi connectivity index (χ3v) is 3.12. The van der Waals surface area contributed by atoms with Gasteiger partial charge in [-0.15, -0.1) is 0 Å². The number of benzene rings is 1. The van der Waals surface area contributed by atoms with E-state index < -0.39 is 5.60 Å². The molecular weight excluding hydrogens is 238 g/mol. The first-order valence-electron chi connectivity index (χ1n) is 6.78. The lowest BCUT2D eigenvalue weighted by Crippen LogP contribution is -2.37. The summed E-state index contributed by atoms with van der Waals surface area (Å²) in [4.78, 5) is 2.15. The first-order valence-corrected chi connectivity index (χ1v) is 6.78. The minimum Gasteiger partial charge on any atom is -0.496 e. The van der Waals surface area contributed by atoms with Crippen LogP contribution in [-0.2, 0) is 6.42 Å². The quantitative estimate of drug-likeness (QED) is 0.858. The van der Waals surface area contributed by atoms with Gasteiger partial charge in [0.25, 0.3) is 0 Å². The van der Waals surface area contributed by atoms with Crippen molar-refractivity contribution in [1.29, 1.82) is 0 Å². The van der Waals surface area contributed by atoms with E-state index in [0.29, 0.717) is 6.54 Å². The Hall–Kier alpha value is -1.06. The van der Waals surface area contributed by atoms with Gasteiger partial charge in [-0.2, -0.15) is 0 Å². The van der Waals surface area contributed by atoms with Crippen molar-refractivity contribution >= 4 is 0 Å². The molecule has 0 bridgehead atoms. The highest BCUT2D eigenvalue weighted by Crippen LogP contribution is 2.25. The normalized spacial score (nSPS) is 12.0. The molecule has 1 N–H and O–H groups in total. The van der Waals surface area contributed by atoms with Gasteiger partial charge >= 0.3 is 0 Å². The molecule has 0 radical (unpaired) electrons. The Bertz CT molecular complexity index is 421. The molecular formula is C16H27NO2. The van der Waals surface area contributed by atoms with Gasteiger partial charge in [0.05, 0.1) is 12.7 Å². The molecule has 0 aromatic heterocycles. The molecule has 0 saturated heterocycles. The van der Waals surface area contributed by atoms with Crippen molar-refractivity contribution in [1.82, 2.24) is 4.90 Å². The molecule has 3 nitrogen and oxygen atoms in total. The van der Waals surface area contributed by atoms with Crippen LogP contribution >= 0.6 is 0 Å². The lowest BCUT2D eigenvalue weighted by atomic mass is 10.0.